The molecule has 0 bridgehead atoms. The van der Waals surface area contributed by atoms with Crippen molar-refractivity contribution >= 4 is 0 Å². The summed E-state index contributed by atoms with van der Waals surface area (Å²) in [6, 6.07) is 12.0. The summed E-state index contributed by atoms with van der Waals surface area (Å²) in [4.78, 5) is 2.65. The average Bonchev–Trinajstić information content (AvgIpc) is 2.39. The summed E-state index contributed by atoms with van der Waals surface area (Å²) in [6.07, 6.45) is 1.22. The van der Waals surface area contributed by atoms with Crippen molar-refractivity contribution in [2.75, 3.05) is 19.6 Å². The maximum atomic E-state index is 3.75. The molecule has 0 spiro atoms. The van der Waals surface area contributed by atoms with Crippen LogP contribution in [0.2, 0.25) is 0 Å². The normalized spacial score (nSPS) is 25.5. The van der Waals surface area contributed by atoms with Gasteiger partial charge < -0.3 is 5.32 Å². The van der Waals surface area contributed by atoms with Gasteiger partial charge in [0.15, 0.2) is 0 Å². The molecule has 2 atom stereocenters. The fraction of sp³-hybridized carbons (Fsp3) is 0.647. The molecule has 1 fully saturated rings. The van der Waals surface area contributed by atoms with Crippen LogP contribution in [0.4, 0.5) is 0 Å². The molecule has 0 amide bonds. The Morgan fingerprint density at radius 2 is 1.89 bits per heavy atom. The highest BCUT2D eigenvalue weighted by molar-refractivity contribution is 5.20. The number of hydrogen-bond donors (Lipinski definition) is 1. The highest BCUT2D eigenvalue weighted by Crippen LogP contribution is 2.29. The molecule has 2 unspecified atom stereocenters. The maximum Gasteiger partial charge on any atom is 0.0473 e. The van der Waals surface area contributed by atoms with Crippen LogP contribution in [0.3, 0.4) is 0 Å². The molecule has 0 radical (unpaired) electrons. The summed E-state index contributed by atoms with van der Waals surface area (Å²) >= 11 is 0. The van der Waals surface area contributed by atoms with Crippen LogP contribution in [-0.2, 0) is 0 Å². The summed E-state index contributed by atoms with van der Waals surface area (Å²) in [5.74, 6) is 0. The number of rotatable bonds is 3. The summed E-state index contributed by atoms with van der Waals surface area (Å²) in [7, 11) is 0. The van der Waals surface area contributed by atoms with Crippen LogP contribution in [0.1, 0.15) is 45.7 Å². The fourth-order valence-corrected chi connectivity index (χ4v) is 2.93. The van der Waals surface area contributed by atoms with E-state index in [1.54, 1.807) is 0 Å². The zero-order chi connectivity index (χ0) is 13.9. The minimum atomic E-state index is 0.327. The smallest absolute Gasteiger partial charge is 0.0473 e. The first-order chi connectivity index (χ1) is 9.02. The third kappa shape index (κ3) is 3.58. The van der Waals surface area contributed by atoms with E-state index >= 15 is 0 Å². The number of nitrogens with one attached hydrogen (secondary N) is 1. The third-order valence-electron chi connectivity index (χ3n) is 4.16. The van der Waals surface area contributed by atoms with Crippen LogP contribution in [0.5, 0.6) is 0 Å². The van der Waals surface area contributed by atoms with Crippen molar-refractivity contribution in [1.29, 1.82) is 0 Å². The summed E-state index contributed by atoms with van der Waals surface area (Å²) in [5.41, 5.74) is 1.77. The van der Waals surface area contributed by atoms with Crippen molar-refractivity contribution in [2.45, 2.75) is 46.2 Å². The van der Waals surface area contributed by atoms with Crippen molar-refractivity contribution in [1.82, 2.24) is 10.2 Å². The lowest BCUT2D eigenvalue weighted by atomic mass is 9.84. The van der Waals surface area contributed by atoms with E-state index in [9.17, 15) is 0 Å². The van der Waals surface area contributed by atoms with Crippen molar-refractivity contribution in [3.63, 3.8) is 0 Å². The highest BCUT2D eigenvalue weighted by Gasteiger charge is 2.34. The molecule has 0 saturated carbocycles. The van der Waals surface area contributed by atoms with Gasteiger partial charge in [-0.3, -0.25) is 4.90 Å². The molecule has 1 aromatic rings. The predicted octanol–water partition coefficient (Wildman–Crippen LogP) is 3.46. The van der Waals surface area contributed by atoms with Gasteiger partial charge in [-0.2, -0.15) is 0 Å². The lowest BCUT2D eigenvalue weighted by molar-refractivity contribution is 0.0855. The molecule has 1 aliphatic heterocycles. The van der Waals surface area contributed by atoms with Gasteiger partial charge in [0, 0.05) is 25.2 Å². The van der Waals surface area contributed by atoms with Gasteiger partial charge in [-0.1, -0.05) is 58.0 Å². The molecule has 1 aromatic carbocycles. The molecule has 1 heterocycles. The first-order valence-electron chi connectivity index (χ1n) is 7.54. The van der Waals surface area contributed by atoms with Crippen LogP contribution in [-0.4, -0.2) is 30.6 Å². The van der Waals surface area contributed by atoms with Gasteiger partial charge >= 0.3 is 0 Å². The zero-order valence-corrected chi connectivity index (χ0v) is 12.8. The van der Waals surface area contributed by atoms with Gasteiger partial charge in [0.05, 0.1) is 0 Å². The quantitative estimate of drug-likeness (QED) is 0.895. The van der Waals surface area contributed by atoms with Crippen LogP contribution in [0.25, 0.3) is 0 Å². The monoisotopic (exact) mass is 260 g/mol. The van der Waals surface area contributed by atoms with Gasteiger partial charge in [-0.15, -0.1) is 0 Å². The van der Waals surface area contributed by atoms with Crippen LogP contribution in [0, 0.1) is 5.41 Å². The zero-order valence-electron chi connectivity index (χ0n) is 12.8. The molecular weight excluding hydrogens is 232 g/mol. The van der Waals surface area contributed by atoms with Crippen molar-refractivity contribution in [3.05, 3.63) is 35.9 Å². The topological polar surface area (TPSA) is 15.3 Å². The van der Waals surface area contributed by atoms with E-state index in [1.165, 1.54) is 18.5 Å². The number of hydrogen-bond acceptors (Lipinski definition) is 2. The number of nitrogens with zero attached hydrogens (tertiary/aromatic N) is 1. The predicted molar refractivity (Wildman–Crippen MR) is 82.3 cm³/mol. The average molecular weight is 260 g/mol. The minimum absolute atomic E-state index is 0.327. The molecular formula is C17H28N2. The van der Waals surface area contributed by atoms with Crippen molar-refractivity contribution in [3.8, 4) is 0 Å². The minimum Gasteiger partial charge on any atom is -0.310 e. The molecule has 2 heteroatoms. The van der Waals surface area contributed by atoms with E-state index in [4.69, 9.17) is 0 Å². The van der Waals surface area contributed by atoms with Crippen LogP contribution in [0.15, 0.2) is 30.3 Å². The Labute approximate surface area is 118 Å². The molecule has 0 aromatic heterocycles. The van der Waals surface area contributed by atoms with E-state index in [1.807, 2.05) is 0 Å². The first-order valence-corrected chi connectivity index (χ1v) is 7.54. The van der Waals surface area contributed by atoms with Crippen LogP contribution >= 0.6 is 0 Å². The SMILES string of the molecule is CCCN1CC(C(C)(C)C)NCC1c1ccccc1. The number of benzene rings is 1. The van der Waals surface area contributed by atoms with Gasteiger partial charge in [0.2, 0.25) is 0 Å². The lowest BCUT2D eigenvalue weighted by Crippen LogP contribution is -2.57. The maximum absolute atomic E-state index is 3.75. The third-order valence-corrected chi connectivity index (χ3v) is 4.16. The fourth-order valence-electron chi connectivity index (χ4n) is 2.93. The molecule has 2 nitrogen and oxygen atoms in total. The second-order valence-electron chi connectivity index (χ2n) is 6.75. The molecule has 1 aliphatic rings. The second kappa shape index (κ2) is 6.06. The Bertz CT molecular complexity index is 380. The molecule has 1 N–H and O–H groups in total. The van der Waals surface area contributed by atoms with Gasteiger partial charge in [0.25, 0.3) is 0 Å². The van der Waals surface area contributed by atoms with E-state index in [2.05, 4.69) is 68.2 Å². The largest absolute Gasteiger partial charge is 0.310 e. The standard InChI is InChI=1S/C17H28N2/c1-5-11-19-13-16(17(2,3)4)18-12-15(19)14-9-7-6-8-10-14/h6-10,15-16,18H,5,11-13H2,1-4H3. The Kier molecular flexibility index (Phi) is 4.64. The second-order valence-corrected chi connectivity index (χ2v) is 6.75. The molecule has 2 rings (SSSR count). The van der Waals surface area contributed by atoms with Gasteiger partial charge in [-0.05, 0) is 23.9 Å². The molecule has 0 aliphatic carbocycles. The number of piperazine rings is 1. The lowest BCUT2D eigenvalue weighted by Gasteiger charge is -2.45. The van der Waals surface area contributed by atoms with E-state index in [0.29, 0.717) is 17.5 Å². The van der Waals surface area contributed by atoms with E-state index in [0.717, 1.165) is 13.1 Å². The van der Waals surface area contributed by atoms with E-state index in [-0.39, 0.29) is 0 Å². The molecule has 19 heavy (non-hydrogen) atoms. The Morgan fingerprint density at radius 3 is 2.47 bits per heavy atom. The Morgan fingerprint density at radius 1 is 1.21 bits per heavy atom. The summed E-state index contributed by atoms with van der Waals surface area (Å²) in [6.45, 7) is 12.7. The molecule has 1 saturated heterocycles. The summed E-state index contributed by atoms with van der Waals surface area (Å²) < 4.78 is 0. The Hall–Kier alpha value is -0.860. The van der Waals surface area contributed by atoms with Crippen LogP contribution < -0.4 is 5.32 Å². The highest BCUT2D eigenvalue weighted by atomic mass is 15.2. The Balaban J connectivity index is 2.13. The molecule has 106 valence electrons. The van der Waals surface area contributed by atoms with Gasteiger partial charge in [-0.25, -0.2) is 0 Å². The first kappa shape index (κ1) is 14.5. The van der Waals surface area contributed by atoms with Gasteiger partial charge in [0.1, 0.15) is 0 Å². The van der Waals surface area contributed by atoms with Crippen molar-refractivity contribution in [2.24, 2.45) is 5.41 Å². The van der Waals surface area contributed by atoms with E-state index < -0.39 is 0 Å². The van der Waals surface area contributed by atoms with Crippen molar-refractivity contribution < 1.29 is 0 Å². The summed E-state index contributed by atoms with van der Waals surface area (Å²) in [5, 5.41) is 3.75.